The van der Waals surface area contributed by atoms with E-state index < -0.39 is 0 Å². The lowest BCUT2D eigenvalue weighted by molar-refractivity contribution is 0.0957. The molecule has 0 saturated carbocycles. The second-order valence-electron chi connectivity index (χ2n) is 4.24. The average Bonchev–Trinajstić information content (AvgIpc) is 2.27. The molecule has 1 aromatic carbocycles. The Balaban J connectivity index is 2.31. The highest BCUT2D eigenvalue weighted by Crippen LogP contribution is 2.34. The van der Waals surface area contributed by atoms with Gasteiger partial charge in [-0.05, 0) is 20.2 Å². The van der Waals surface area contributed by atoms with Crippen LogP contribution in [0.3, 0.4) is 0 Å². The van der Waals surface area contributed by atoms with Crippen molar-refractivity contribution in [2.45, 2.75) is 0 Å². The molecule has 0 radical (unpaired) electrons. The number of carbonyl (C=O) groups excluding carboxylic acids is 1. The van der Waals surface area contributed by atoms with E-state index in [-0.39, 0.29) is 5.78 Å². The molecule has 5 nitrogen and oxygen atoms in total. The van der Waals surface area contributed by atoms with Crippen molar-refractivity contribution < 1.29 is 14.3 Å². The third-order valence-electron chi connectivity index (χ3n) is 2.47. The number of hydrogen-bond donors (Lipinski definition) is 1. The monoisotopic (exact) mass is 236 g/mol. The Morgan fingerprint density at radius 2 is 1.88 bits per heavy atom. The number of carbonyl (C=O) groups is 1. The van der Waals surface area contributed by atoms with Gasteiger partial charge in [0, 0.05) is 17.3 Å². The highest BCUT2D eigenvalue weighted by Gasteiger charge is 2.18. The highest BCUT2D eigenvalue weighted by atomic mass is 16.6. The normalized spacial score (nSPS) is 13.8. The summed E-state index contributed by atoms with van der Waals surface area (Å²) in [6.07, 6.45) is 0. The second kappa shape index (κ2) is 4.63. The van der Waals surface area contributed by atoms with Crippen LogP contribution in [-0.4, -0.2) is 44.5 Å². The quantitative estimate of drug-likeness (QED) is 0.620. The molecular weight excluding hydrogens is 220 g/mol. The number of anilines is 1. The van der Waals surface area contributed by atoms with E-state index in [1.54, 1.807) is 17.0 Å². The van der Waals surface area contributed by atoms with Crippen molar-refractivity contribution in [1.29, 1.82) is 0 Å². The molecule has 2 N–H and O–H groups in total. The van der Waals surface area contributed by atoms with E-state index in [4.69, 9.17) is 15.2 Å². The Labute approximate surface area is 100 Å². The number of benzene rings is 1. The first-order valence-corrected chi connectivity index (χ1v) is 5.45. The van der Waals surface area contributed by atoms with E-state index in [1.165, 1.54) is 0 Å². The molecular formula is C12H16N2O3. The van der Waals surface area contributed by atoms with Crippen molar-refractivity contribution in [3.8, 4) is 11.5 Å². The Hall–Kier alpha value is -1.75. The van der Waals surface area contributed by atoms with Gasteiger partial charge in [0.15, 0.2) is 17.3 Å². The number of likely N-dealkylation sites (N-methyl/N-ethyl adjacent to an activating group) is 1. The molecule has 0 fully saturated rings. The molecule has 0 unspecified atom stereocenters. The van der Waals surface area contributed by atoms with Gasteiger partial charge in [-0.1, -0.05) is 0 Å². The summed E-state index contributed by atoms with van der Waals surface area (Å²) in [6, 6.07) is 3.31. The van der Waals surface area contributed by atoms with Crippen molar-refractivity contribution in [2.75, 3.05) is 39.6 Å². The molecule has 2 rings (SSSR count). The van der Waals surface area contributed by atoms with Gasteiger partial charge in [0.2, 0.25) is 0 Å². The van der Waals surface area contributed by atoms with Crippen LogP contribution < -0.4 is 15.2 Å². The van der Waals surface area contributed by atoms with Crippen molar-refractivity contribution in [1.82, 2.24) is 4.90 Å². The predicted molar refractivity (Wildman–Crippen MR) is 64.7 cm³/mol. The average molecular weight is 236 g/mol. The Morgan fingerprint density at radius 3 is 2.47 bits per heavy atom. The van der Waals surface area contributed by atoms with E-state index in [0.717, 1.165) is 0 Å². The third-order valence-corrected chi connectivity index (χ3v) is 2.47. The largest absolute Gasteiger partial charge is 0.486 e. The van der Waals surface area contributed by atoms with Crippen molar-refractivity contribution in [3.05, 3.63) is 17.7 Å². The van der Waals surface area contributed by atoms with Gasteiger partial charge in [-0.15, -0.1) is 0 Å². The second-order valence-corrected chi connectivity index (χ2v) is 4.24. The van der Waals surface area contributed by atoms with Crippen molar-refractivity contribution in [3.63, 3.8) is 0 Å². The maximum absolute atomic E-state index is 11.9. The number of rotatable bonds is 3. The van der Waals surface area contributed by atoms with Gasteiger partial charge in [-0.3, -0.25) is 4.79 Å². The summed E-state index contributed by atoms with van der Waals surface area (Å²) < 4.78 is 10.8. The number of nitrogens with two attached hydrogens (primary N) is 1. The van der Waals surface area contributed by atoms with Gasteiger partial charge in [0.1, 0.15) is 13.2 Å². The number of ether oxygens (including phenoxy) is 2. The molecule has 17 heavy (non-hydrogen) atoms. The minimum Gasteiger partial charge on any atom is -0.486 e. The molecule has 1 aliphatic heterocycles. The molecule has 1 aliphatic rings. The van der Waals surface area contributed by atoms with E-state index >= 15 is 0 Å². The Morgan fingerprint density at radius 1 is 1.29 bits per heavy atom. The Kier molecular flexibility index (Phi) is 3.19. The van der Waals surface area contributed by atoms with Gasteiger partial charge in [-0.2, -0.15) is 0 Å². The minimum absolute atomic E-state index is 0.0236. The lowest BCUT2D eigenvalue weighted by atomic mass is 10.1. The van der Waals surface area contributed by atoms with Gasteiger partial charge < -0.3 is 20.1 Å². The zero-order valence-electron chi connectivity index (χ0n) is 10.0. The zero-order valence-corrected chi connectivity index (χ0v) is 10.0. The molecule has 0 aliphatic carbocycles. The van der Waals surface area contributed by atoms with E-state index in [0.29, 0.717) is 42.5 Å². The standard InChI is InChI=1S/C12H16N2O3/c1-14(2)7-10(15)8-5-11-12(6-9(8)13)17-4-3-16-11/h5-6H,3-4,7,13H2,1-2H3. The molecule has 0 bridgehead atoms. The van der Waals surface area contributed by atoms with Gasteiger partial charge >= 0.3 is 0 Å². The van der Waals surface area contributed by atoms with Gasteiger partial charge in [0.05, 0.1) is 6.54 Å². The number of fused-ring (bicyclic) bond motifs is 1. The summed E-state index contributed by atoms with van der Waals surface area (Å²) in [5.74, 6) is 1.17. The number of hydrogen-bond acceptors (Lipinski definition) is 5. The van der Waals surface area contributed by atoms with Crippen molar-refractivity contribution in [2.24, 2.45) is 0 Å². The minimum atomic E-state index is -0.0236. The van der Waals surface area contributed by atoms with E-state index in [2.05, 4.69) is 0 Å². The first-order valence-electron chi connectivity index (χ1n) is 5.45. The summed E-state index contributed by atoms with van der Waals surface area (Å²) in [6.45, 7) is 1.33. The molecule has 1 aromatic rings. The van der Waals surface area contributed by atoms with E-state index in [1.807, 2.05) is 14.1 Å². The zero-order chi connectivity index (χ0) is 12.4. The fraction of sp³-hybridized carbons (Fsp3) is 0.417. The van der Waals surface area contributed by atoms with E-state index in [9.17, 15) is 4.79 Å². The number of ketones is 1. The fourth-order valence-corrected chi connectivity index (χ4v) is 1.72. The summed E-state index contributed by atoms with van der Waals surface area (Å²) in [4.78, 5) is 13.7. The third kappa shape index (κ3) is 2.50. The van der Waals surface area contributed by atoms with Crippen LogP contribution in [0.5, 0.6) is 11.5 Å². The summed E-state index contributed by atoms with van der Waals surface area (Å²) >= 11 is 0. The maximum Gasteiger partial charge on any atom is 0.179 e. The highest BCUT2D eigenvalue weighted by molar-refractivity contribution is 6.02. The molecule has 5 heteroatoms. The van der Waals surface area contributed by atoms with Crippen LogP contribution in [0.15, 0.2) is 12.1 Å². The van der Waals surface area contributed by atoms with Crippen LogP contribution in [0.2, 0.25) is 0 Å². The Bertz CT molecular complexity index is 444. The number of Topliss-reactive ketones (excluding diaryl/α,β-unsaturated/α-hetero) is 1. The number of nitrogen functional groups attached to an aromatic ring is 1. The molecule has 0 saturated heterocycles. The lowest BCUT2D eigenvalue weighted by Crippen LogP contribution is -2.23. The SMILES string of the molecule is CN(C)CC(=O)c1cc2c(cc1N)OCCO2. The molecule has 0 spiro atoms. The van der Waals surface area contributed by atoms with Crippen molar-refractivity contribution >= 4 is 11.5 Å². The lowest BCUT2D eigenvalue weighted by Gasteiger charge is -2.20. The first kappa shape index (κ1) is 11.7. The van der Waals surface area contributed by atoms with Crippen LogP contribution in [0, 0.1) is 0 Å². The first-order chi connectivity index (χ1) is 8.08. The van der Waals surface area contributed by atoms with Crippen LogP contribution in [-0.2, 0) is 0 Å². The summed E-state index contributed by atoms with van der Waals surface area (Å²) in [5, 5.41) is 0. The topological polar surface area (TPSA) is 64.8 Å². The van der Waals surface area contributed by atoms with Crippen LogP contribution in [0.4, 0.5) is 5.69 Å². The van der Waals surface area contributed by atoms with Crippen LogP contribution >= 0.6 is 0 Å². The van der Waals surface area contributed by atoms with Crippen LogP contribution in [0.1, 0.15) is 10.4 Å². The smallest absolute Gasteiger partial charge is 0.179 e. The van der Waals surface area contributed by atoms with Gasteiger partial charge in [0.25, 0.3) is 0 Å². The van der Waals surface area contributed by atoms with Crippen LogP contribution in [0.25, 0.3) is 0 Å². The summed E-state index contributed by atoms with van der Waals surface area (Å²) in [5.41, 5.74) is 6.77. The molecule has 0 amide bonds. The molecule has 0 aromatic heterocycles. The van der Waals surface area contributed by atoms with Gasteiger partial charge in [-0.25, -0.2) is 0 Å². The summed E-state index contributed by atoms with van der Waals surface area (Å²) in [7, 11) is 3.68. The predicted octanol–water partition coefficient (Wildman–Crippen LogP) is 0.784. The molecule has 0 atom stereocenters. The fourth-order valence-electron chi connectivity index (χ4n) is 1.72. The maximum atomic E-state index is 11.9. The molecule has 1 heterocycles. The molecule has 92 valence electrons. The number of nitrogens with zero attached hydrogens (tertiary/aromatic N) is 1.